The molecule has 0 aliphatic rings. The molecule has 0 unspecified atom stereocenters. The zero-order chi connectivity index (χ0) is 14.9. The van der Waals surface area contributed by atoms with Gasteiger partial charge in [0.05, 0.1) is 10.6 Å². The second kappa shape index (κ2) is 5.34. The van der Waals surface area contributed by atoms with Crippen LogP contribution in [-0.4, -0.2) is 22.1 Å². The van der Waals surface area contributed by atoms with Crippen molar-refractivity contribution in [3.8, 4) is 5.75 Å². The number of anilines is 1. The minimum atomic E-state index is -1.25. The number of nitrogens with one attached hydrogen (secondary N) is 1. The van der Waals surface area contributed by atoms with E-state index in [4.69, 9.17) is 5.11 Å². The van der Waals surface area contributed by atoms with Crippen molar-refractivity contribution >= 4 is 28.9 Å². The fourth-order valence-corrected chi connectivity index (χ4v) is 2.62. The van der Waals surface area contributed by atoms with Crippen LogP contribution in [0.3, 0.4) is 0 Å². The lowest BCUT2D eigenvalue weighted by Crippen LogP contribution is -2.11. The van der Waals surface area contributed by atoms with Crippen molar-refractivity contribution in [1.82, 2.24) is 0 Å². The Morgan fingerprint density at radius 2 is 1.95 bits per heavy atom. The van der Waals surface area contributed by atoms with Crippen molar-refractivity contribution in [1.29, 1.82) is 0 Å². The van der Waals surface area contributed by atoms with Crippen molar-refractivity contribution in [3.63, 3.8) is 0 Å². The monoisotopic (exact) mass is 291 g/mol. The van der Waals surface area contributed by atoms with Crippen molar-refractivity contribution in [2.45, 2.75) is 13.8 Å². The van der Waals surface area contributed by atoms with Gasteiger partial charge in [-0.25, -0.2) is 4.79 Å². The molecule has 5 nitrogen and oxygen atoms in total. The van der Waals surface area contributed by atoms with Gasteiger partial charge in [0.1, 0.15) is 5.56 Å². The molecular weight excluding hydrogens is 278 g/mol. The molecule has 20 heavy (non-hydrogen) atoms. The van der Waals surface area contributed by atoms with Gasteiger partial charge in [0.2, 0.25) is 0 Å². The number of carboxylic acid groups (broad SMARTS) is 1. The van der Waals surface area contributed by atoms with Crippen LogP contribution in [0, 0.1) is 13.8 Å². The van der Waals surface area contributed by atoms with Crippen LogP contribution in [0.1, 0.15) is 30.5 Å². The Hall–Kier alpha value is -2.34. The number of hydrogen-bond acceptors (Lipinski definition) is 4. The van der Waals surface area contributed by atoms with E-state index in [9.17, 15) is 14.7 Å². The topological polar surface area (TPSA) is 86.6 Å². The van der Waals surface area contributed by atoms with Gasteiger partial charge in [-0.1, -0.05) is 6.07 Å². The van der Waals surface area contributed by atoms with Gasteiger partial charge in [-0.05, 0) is 37.6 Å². The molecule has 3 N–H and O–H groups in total. The number of aromatic hydroxyl groups is 1. The second-order valence-corrected chi connectivity index (χ2v) is 5.57. The molecule has 104 valence electrons. The van der Waals surface area contributed by atoms with Gasteiger partial charge in [0.25, 0.3) is 5.91 Å². The predicted octanol–water partition coefficient (Wildman–Crippen LogP) is 3.02. The maximum absolute atomic E-state index is 12.1. The van der Waals surface area contributed by atoms with E-state index >= 15 is 0 Å². The van der Waals surface area contributed by atoms with Crippen LogP contribution < -0.4 is 5.32 Å². The fraction of sp³-hybridized carbons (Fsp3) is 0.143. The largest absolute Gasteiger partial charge is 0.505 e. The lowest BCUT2D eigenvalue weighted by molar-refractivity contribution is 0.0693. The maximum atomic E-state index is 12.1. The summed E-state index contributed by atoms with van der Waals surface area (Å²) in [4.78, 5) is 24.5. The van der Waals surface area contributed by atoms with Gasteiger partial charge in [-0.3, -0.25) is 4.79 Å². The molecule has 0 aliphatic carbocycles. The number of amides is 1. The molecule has 2 aromatic rings. The molecule has 1 aromatic carbocycles. The summed E-state index contributed by atoms with van der Waals surface area (Å²) in [5.41, 5.74) is 0.851. The number of carbonyl (C=O) groups excluding carboxylic acids is 1. The van der Waals surface area contributed by atoms with Crippen LogP contribution in [-0.2, 0) is 0 Å². The maximum Gasteiger partial charge on any atom is 0.339 e. The third-order valence-electron chi connectivity index (χ3n) is 2.90. The molecule has 1 heterocycles. The van der Waals surface area contributed by atoms with Gasteiger partial charge in [-0.15, -0.1) is 11.3 Å². The number of aromatic carboxylic acids is 1. The Morgan fingerprint density at radius 1 is 1.25 bits per heavy atom. The third-order valence-corrected chi connectivity index (χ3v) is 4.06. The fourth-order valence-electron chi connectivity index (χ4n) is 1.69. The zero-order valence-electron chi connectivity index (χ0n) is 10.9. The molecule has 1 amide bonds. The predicted molar refractivity (Wildman–Crippen MR) is 76.8 cm³/mol. The standard InChI is InChI=1S/C14H13NO4S/c1-7-6-11(20-8(7)2)13(17)15-10-5-3-4-9(12(10)16)14(18)19/h3-6,16H,1-2H3,(H,15,17)(H,18,19). The number of phenols is 1. The van der Waals surface area contributed by atoms with E-state index in [2.05, 4.69) is 5.32 Å². The first kappa shape index (κ1) is 14.1. The molecule has 2 rings (SSSR count). The summed E-state index contributed by atoms with van der Waals surface area (Å²) in [5, 5.41) is 21.3. The average Bonchev–Trinajstić information content (AvgIpc) is 2.72. The van der Waals surface area contributed by atoms with E-state index in [-0.39, 0.29) is 17.2 Å². The van der Waals surface area contributed by atoms with Gasteiger partial charge < -0.3 is 15.5 Å². The van der Waals surface area contributed by atoms with Gasteiger partial charge >= 0.3 is 5.97 Å². The summed E-state index contributed by atoms with van der Waals surface area (Å²) in [6.07, 6.45) is 0. The number of rotatable bonds is 3. The van der Waals surface area contributed by atoms with Crippen LogP contribution in [0.15, 0.2) is 24.3 Å². The van der Waals surface area contributed by atoms with Gasteiger partial charge in [-0.2, -0.15) is 0 Å². The number of thiophene rings is 1. The van der Waals surface area contributed by atoms with Crippen molar-refractivity contribution < 1.29 is 19.8 Å². The first-order valence-electron chi connectivity index (χ1n) is 5.84. The highest BCUT2D eigenvalue weighted by molar-refractivity contribution is 7.14. The normalized spacial score (nSPS) is 10.3. The zero-order valence-corrected chi connectivity index (χ0v) is 11.7. The highest BCUT2D eigenvalue weighted by Gasteiger charge is 2.16. The van der Waals surface area contributed by atoms with Crippen LogP contribution in [0.2, 0.25) is 0 Å². The molecular formula is C14H13NO4S. The van der Waals surface area contributed by atoms with Crippen molar-refractivity contribution in [2.75, 3.05) is 5.32 Å². The third kappa shape index (κ3) is 2.65. The first-order valence-corrected chi connectivity index (χ1v) is 6.65. The van der Waals surface area contributed by atoms with Gasteiger partial charge in [0, 0.05) is 4.88 Å². The molecule has 0 bridgehead atoms. The molecule has 0 radical (unpaired) electrons. The molecule has 0 atom stereocenters. The Morgan fingerprint density at radius 3 is 2.50 bits per heavy atom. The van der Waals surface area contributed by atoms with E-state index in [0.717, 1.165) is 10.4 Å². The van der Waals surface area contributed by atoms with Crippen LogP contribution in [0.5, 0.6) is 5.75 Å². The number of carbonyl (C=O) groups is 2. The van der Waals surface area contributed by atoms with Crippen LogP contribution >= 0.6 is 11.3 Å². The molecule has 0 aliphatic heterocycles. The Kier molecular flexibility index (Phi) is 3.76. The van der Waals surface area contributed by atoms with E-state index in [1.54, 1.807) is 6.07 Å². The van der Waals surface area contributed by atoms with E-state index in [0.29, 0.717) is 4.88 Å². The van der Waals surface area contributed by atoms with Crippen LogP contribution in [0.25, 0.3) is 0 Å². The number of hydrogen-bond donors (Lipinski definition) is 3. The minimum absolute atomic E-state index is 0.0820. The van der Waals surface area contributed by atoms with Crippen molar-refractivity contribution in [2.24, 2.45) is 0 Å². The van der Waals surface area contributed by atoms with Crippen LogP contribution in [0.4, 0.5) is 5.69 Å². The molecule has 1 aromatic heterocycles. The molecule has 0 saturated heterocycles. The summed E-state index contributed by atoms with van der Waals surface area (Å²) in [5.74, 6) is -2.07. The SMILES string of the molecule is Cc1cc(C(=O)Nc2cccc(C(=O)O)c2O)sc1C. The van der Waals surface area contributed by atoms with E-state index < -0.39 is 11.7 Å². The molecule has 6 heteroatoms. The summed E-state index contributed by atoms with van der Waals surface area (Å²) >= 11 is 1.35. The Bertz CT molecular complexity index is 671. The number of para-hydroxylation sites is 1. The number of benzene rings is 1. The molecule has 0 saturated carbocycles. The Balaban J connectivity index is 2.28. The lowest BCUT2D eigenvalue weighted by Gasteiger charge is -2.08. The molecule has 0 fully saturated rings. The first-order chi connectivity index (χ1) is 9.40. The molecule has 0 spiro atoms. The van der Waals surface area contributed by atoms with E-state index in [1.165, 1.54) is 29.5 Å². The minimum Gasteiger partial charge on any atom is -0.505 e. The highest BCUT2D eigenvalue weighted by Crippen LogP contribution is 2.29. The summed E-state index contributed by atoms with van der Waals surface area (Å²) in [7, 11) is 0. The summed E-state index contributed by atoms with van der Waals surface area (Å²) in [6.45, 7) is 3.82. The van der Waals surface area contributed by atoms with Crippen molar-refractivity contribution in [3.05, 3.63) is 45.1 Å². The second-order valence-electron chi connectivity index (χ2n) is 4.31. The van der Waals surface area contributed by atoms with E-state index in [1.807, 2.05) is 13.8 Å². The number of aryl methyl sites for hydroxylation is 2. The number of carboxylic acids is 1. The quantitative estimate of drug-likeness (QED) is 0.759. The smallest absolute Gasteiger partial charge is 0.339 e. The highest BCUT2D eigenvalue weighted by atomic mass is 32.1. The average molecular weight is 291 g/mol. The summed E-state index contributed by atoms with van der Waals surface area (Å²) in [6, 6.07) is 5.94. The summed E-state index contributed by atoms with van der Waals surface area (Å²) < 4.78 is 0. The Labute approximate surface area is 119 Å². The lowest BCUT2D eigenvalue weighted by atomic mass is 10.1. The van der Waals surface area contributed by atoms with Gasteiger partial charge in [0.15, 0.2) is 5.75 Å².